The van der Waals surface area contributed by atoms with E-state index in [1.165, 1.54) is 37.3 Å². The van der Waals surface area contributed by atoms with Crippen LogP contribution in [0.15, 0.2) is 72.3 Å². The predicted octanol–water partition coefficient (Wildman–Crippen LogP) is 5.08. The summed E-state index contributed by atoms with van der Waals surface area (Å²) in [6.45, 7) is 0. The first-order valence-electron chi connectivity index (χ1n) is 10.6. The Labute approximate surface area is 203 Å². The van der Waals surface area contributed by atoms with Gasteiger partial charge in [-0.05, 0) is 60.2 Å². The molecule has 1 saturated heterocycles. The number of aliphatic hydroxyl groups is 1. The first kappa shape index (κ1) is 22.5. The second kappa shape index (κ2) is 8.84. The number of nitrogens with zero attached hydrogens (tertiary/aromatic N) is 2. The van der Waals surface area contributed by atoms with E-state index in [4.69, 9.17) is 9.47 Å². The van der Waals surface area contributed by atoms with Gasteiger partial charge in [0.05, 0.1) is 36.1 Å². The van der Waals surface area contributed by atoms with Crippen LogP contribution >= 0.6 is 11.3 Å². The van der Waals surface area contributed by atoms with E-state index in [0.717, 1.165) is 11.3 Å². The topological polar surface area (TPSA) is 89.0 Å². The zero-order valence-corrected chi connectivity index (χ0v) is 19.5. The number of rotatable bonds is 5. The summed E-state index contributed by atoms with van der Waals surface area (Å²) in [5.74, 6) is -1.35. The highest BCUT2D eigenvalue weighted by Crippen LogP contribution is 2.45. The molecular weight excluding hydrogens is 471 g/mol. The number of carbonyl (C=O) groups is 2. The minimum absolute atomic E-state index is 0.0844. The average molecular weight is 491 g/mol. The summed E-state index contributed by atoms with van der Waals surface area (Å²) in [7, 11) is 3.03. The Kier molecular flexibility index (Phi) is 5.70. The third-order valence-electron chi connectivity index (χ3n) is 5.76. The van der Waals surface area contributed by atoms with E-state index in [1.807, 2.05) is 0 Å². The number of methoxy groups -OCH3 is 2. The number of benzene rings is 3. The van der Waals surface area contributed by atoms with Crippen LogP contribution in [0.2, 0.25) is 0 Å². The van der Waals surface area contributed by atoms with Gasteiger partial charge in [0.25, 0.3) is 5.78 Å². The number of halogens is 1. The standard InChI is InChI=1S/C26H19FN2O5S/c1-33-17-9-6-14(7-10-17)23(30)21-22(15-4-3-5-18(12-15)34-2)29(25(32)24(21)31)26-28-19-11-8-16(27)13-20(19)35-26/h3-13,22,30H,1-2H3/t22-/m0/s1. The average Bonchev–Trinajstić information content (AvgIpc) is 3.41. The number of hydrogen-bond acceptors (Lipinski definition) is 7. The number of ketones is 1. The van der Waals surface area contributed by atoms with Crippen LogP contribution in [0, 0.1) is 5.82 Å². The fourth-order valence-corrected chi connectivity index (χ4v) is 5.07. The lowest BCUT2D eigenvalue weighted by atomic mass is 9.95. The lowest BCUT2D eigenvalue weighted by Crippen LogP contribution is -2.29. The Hall–Kier alpha value is -4.24. The van der Waals surface area contributed by atoms with Crippen molar-refractivity contribution >= 4 is 44.1 Å². The number of aliphatic hydroxyl groups excluding tert-OH is 1. The molecule has 9 heteroatoms. The molecule has 0 aliphatic carbocycles. The molecule has 35 heavy (non-hydrogen) atoms. The van der Waals surface area contributed by atoms with Crippen LogP contribution in [-0.2, 0) is 9.59 Å². The number of ether oxygens (including phenoxy) is 2. The quantitative estimate of drug-likeness (QED) is 0.239. The maximum absolute atomic E-state index is 13.8. The molecular formula is C26H19FN2O5S. The first-order valence-corrected chi connectivity index (χ1v) is 11.4. The van der Waals surface area contributed by atoms with Crippen molar-refractivity contribution < 1.29 is 28.6 Å². The molecule has 1 fully saturated rings. The minimum atomic E-state index is -0.974. The molecule has 1 amide bonds. The Balaban J connectivity index is 1.72. The molecule has 3 aromatic carbocycles. The Bertz CT molecular complexity index is 1500. The van der Waals surface area contributed by atoms with Gasteiger partial charge in [-0.15, -0.1) is 0 Å². The molecule has 1 N–H and O–H groups in total. The maximum Gasteiger partial charge on any atom is 0.301 e. The highest BCUT2D eigenvalue weighted by atomic mass is 32.1. The molecule has 0 unspecified atom stereocenters. The summed E-state index contributed by atoms with van der Waals surface area (Å²) in [4.78, 5) is 32.3. The first-order chi connectivity index (χ1) is 16.9. The molecule has 1 aromatic heterocycles. The van der Waals surface area contributed by atoms with E-state index in [2.05, 4.69) is 4.98 Å². The van der Waals surface area contributed by atoms with Crippen molar-refractivity contribution in [2.45, 2.75) is 6.04 Å². The van der Waals surface area contributed by atoms with Crippen LogP contribution in [0.1, 0.15) is 17.2 Å². The molecule has 0 spiro atoms. The Morgan fingerprint density at radius 3 is 2.46 bits per heavy atom. The second-order valence-corrected chi connectivity index (χ2v) is 8.79. The number of aromatic nitrogens is 1. The summed E-state index contributed by atoms with van der Waals surface area (Å²) in [6.07, 6.45) is 0. The monoisotopic (exact) mass is 490 g/mol. The van der Waals surface area contributed by atoms with Gasteiger partial charge in [-0.3, -0.25) is 14.5 Å². The SMILES string of the molecule is COc1ccc(C(O)=C2C(=O)C(=O)N(c3nc4ccc(F)cc4s3)[C@H]2c2cccc(OC)c2)cc1. The molecule has 2 heterocycles. The molecule has 0 saturated carbocycles. The molecule has 176 valence electrons. The zero-order valence-electron chi connectivity index (χ0n) is 18.7. The molecule has 5 rings (SSSR count). The van der Waals surface area contributed by atoms with Crippen LogP contribution in [0.25, 0.3) is 16.0 Å². The Morgan fingerprint density at radius 1 is 1.00 bits per heavy atom. The fourth-order valence-electron chi connectivity index (χ4n) is 4.05. The van der Waals surface area contributed by atoms with E-state index in [-0.39, 0.29) is 16.5 Å². The van der Waals surface area contributed by atoms with Crippen LogP contribution in [-0.4, -0.2) is 36.0 Å². The summed E-state index contributed by atoms with van der Waals surface area (Å²) in [5, 5.41) is 11.4. The number of fused-ring (bicyclic) bond motifs is 1. The van der Waals surface area contributed by atoms with E-state index in [1.54, 1.807) is 48.5 Å². The molecule has 0 bridgehead atoms. The molecule has 7 nitrogen and oxygen atoms in total. The number of Topliss-reactive ketones (excluding diaryl/α,β-unsaturated/α-hetero) is 1. The molecule has 1 atom stereocenters. The number of thiazole rings is 1. The highest BCUT2D eigenvalue weighted by Gasteiger charge is 2.48. The molecule has 1 aliphatic rings. The van der Waals surface area contributed by atoms with Crippen LogP contribution in [0.4, 0.5) is 9.52 Å². The van der Waals surface area contributed by atoms with Crippen molar-refractivity contribution in [3.8, 4) is 11.5 Å². The van der Waals surface area contributed by atoms with Crippen LogP contribution < -0.4 is 14.4 Å². The normalized spacial score (nSPS) is 17.2. The molecule has 0 radical (unpaired) electrons. The lowest BCUT2D eigenvalue weighted by molar-refractivity contribution is -0.132. The van der Waals surface area contributed by atoms with Gasteiger partial charge in [0.1, 0.15) is 23.1 Å². The van der Waals surface area contributed by atoms with Gasteiger partial charge in [-0.25, -0.2) is 9.37 Å². The number of carbonyl (C=O) groups excluding carboxylic acids is 2. The summed E-state index contributed by atoms with van der Waals surface area (Å²) in [5.41, 5.74) is 1.30. The van der Waals surface area contributed by atoms with Crippen molar-refractivity contribution in [1.82, 2.24) is 4.98 Å². The van der Waals surface area contributed by atoms with Crippen molar-refractivity contribution in [2.24, 2.45) is 0 Å². The number of anilines is 1. The molecule has 1 aliphatic heterocycles. The van der Waals surface area contributed by atoms with Gasteiger partial charge in [-0.1, -0.05) is 23.5 Å². The maximum atomic E-state index is 13.8. The van der Waals surface area contributed by atoms with Crippen molar-refractivity contribution in [2.75, 3.05) is 19.1 Å². The minimum Gasteiger partial charge on any atom is -0.507 e. The molecule has 4 aromatic rings. The van der Waals surface area contributed by atoms with Crippen molar-refractivity contribution in [3.63, 3.8) is 0 Å². The van der Waals surface area contributed by atoms with Crippen molar-refractivity contribution in [1.29, 1.82) is 0 Å². The zero-order chi connectivity index (χ0) is 24.7. The number of amides is 1. The van der Waals surface area contributed by atoms with Crippen LogP contribution in [0.5, 0.6) is 11.5 Å². The van der Waals surface area contributed by atoms with Crippen molar-refractivity contribution in [3.05, 3.63) is 89.2 Å². The van der Waals surface area contributed by atoms with Gasteiger partial charge < -0.3 is 14.6 Å². The van der Waals surface area contributed by atoms with Gasteiger partial charge in [0.2, 0.25) is 0 Å². The summed E-state index contributed by atoms with van der Waals surface area (Å²) in [6, 6.07) is 16.5. The van der Waals surface area contributed by atoms with Gasteiger partial charge in [-0.2, -0.15) is 0 Å². The van der Waals surface area contributed by atoms with E-state index in [0.29, 0.717) is 32.8 Å². The van der Waals surface area contributed by atoms with E-state index >= 15 is 0 Å². The smallest absolute Gasteiger partial charge is 0.301 e. The van der Waals surface area contributed by atoms with E-state index in [9.17, 15) is 19.1 Å². The summed E-state index contributed by atoms with van der Waals surface area (Å²) >= 11 is 1.09. The predicted molar refractivity (Wildman–Crippen MR) is 130 cm³/mol. The van der Waals surface area contributed by atoms with Gasteiger partial charge in [0.15, 0.2) is 5.13 Å². The number of hydrogen-bond donors (Lipinski definition) is 1. The lowest BCUT2D eigenvalue weighted by Gasteiger charge is -2.23. The van der Waals surface area contributed by atoms with Gasteiger partial charge >= 0.3 is 5.91 Å². The summed E-state index contributed by atoms with van der Waals surface area (Å²) < 4.78 is 24.8. The van der Waals surface area contributed by atoms with Crippen LogP contribution in [0.3, 0.4) is 0 Å². The third-order valence-corrected chi connectivity index (χ3v) is 6.78. The van der Waals surface area contributed by atoms with E-state index < -0.39 is 23.5 Å². The van der Waals surface area contributed by atoms with Gasteiger partial charge in [0, 0.05) is 5.56 Å². The third kappa shape index (κ3) is 3.89. The fraction of sp³-hybridized carbons (Fsp3) is 0.115. The Morgan fingerprint density at radius 2 is 1.74 bits per heavy atom. The largest absolute Gasteiger partial charge is 0.507 e. The highest BCUT2D eigenvalue weighted by molar-refractivity contribution is 7.22. The second-order valence-electron chi connectivity index (χ2n) is 7.78.